The Morgan fingerprint density at radius 1 is 1.30 bits per heavy atom. The third-order valence-corrected chi connectivity index (χ3v) is 3.59. The summed E-state index contributed by atoms with van der Waals surface area (Å²) in [5.41, 5.74) is 0.972. The van der Waals surface area contributed by atoms with Crippen LogP contribution in [0.2, 0.25) is 10.0 Å². The number of ether oxygens (including phenoxy) is 1. The minimum Gasteiger partial charge on any atom is -0.465 e. The van der Waals surface area contributed by atoms with E-state index in [0.717, 1.165) is 18.4 Å². The Bertz CT molecular complexity index is 444. The lowest BCUT2D eigenvalue weighted by molar-refractivity contribution is -0.145. The fourth-order valence-electron chi connectivity index (χ4n) is 2.07. The first-order valence-corrected chi connectivity index (χ1v) is 7.80. The van der Waals surface area contributed by atoms with Gasteiger partial charge in [-0.15, -0.1) is 0 Å². The summed E-state index contributed by atoms with van der Waals surface area (Å²) in [5, 5.41) is 1.23. The zero-order valence-corrected chi connectivity index (χ0v) is 13.8. The number of hydrogen-bond donors (Lipinski definition) is 0. The fourth-order valence-corrected chi connectivity index (χ4v) is 2.63. The number of halogens is 2. The molecule has 0 aliphatic rings. The number of carbonyl (C=O) groups excluding carboxylic acids is 1. The molecular weight excluding hydrogens is 295 g/mol. The molecule has 20 heavy (non-hydrogen) atoms. The Kier molecular flexibility index (Phi) is 7.39. The minimum atomic E-state index is -0.164. The SMILES string of the molecule is CCCC(CC(=O)OCC(C)C)c1ccc(Cl)cc1Cl. The molecule has 2 nitrogen and oxygen atoms in total. The van der Waals surface area contributed by atoms with E-state index in [-0.39, 0.29) is 11.9 Å². The lowest BCUT2D eigenvalue weighted by atomic mass is 9.91. The zero-order valence-electron chi connectivity index (χ0n) is 12.3. The maximum Gasteiger partial charge on any atom is 0.306 e. The summed E-state index contributed by atoms with van der Waals surface area (Å²) in [5.74, 6) is 0.273. The number of hydrogen-bond acceptors (Lipinski definition) is 2. The van der Waals surface area contributed by atoms with E-state index in [1.807, 2.05) is 26.0 Å². The summed E-state index contributed by atoms with van der Waals surface area (Å²) in [6.45, 7) is 6.60. The molecule has 0 aliphatic heterocycles. The highest BCUT2D eigenvalue weighted by atomic mass is 35.5. The lowest BCUT2D eigenvalue weighted by Gasteiger charge is -2.18. The van der Waals surface area contributed by atoms with E-state index >= 15 is 0 Å². The van der Waals surface area contributed by atoms with E-state index in [4.69, 9.17) is 27.9 Å². The molecular formula is C16H22Cl2O2. The molecule has 0 aromatic heterocycles. The van der Waals surface area contributed by atoms with Crippen molar-refractivity contribution in [2.75, 3.05) is 6.61 Å². The highest BCUT2D eigenvalue weighted by molar-refractivity contribution is 6.35. The normalized spacial score (nSPS) is 12.5. The van der Waals surface area contributed by atoms with E-state index in [2.05, 4.69) is 6.92 Å². The van der Waals surface area contributed by atoms with Crippen LogP contribution in [0.1, 0.15) is 51.5 Å². The standard InChI is InChI=1S/C16H22Cl2O2/c1-4-5-12(8-16(19)20-10-11(2)3)14-7-6-13(17)9-15(14)18/h6-7,9,11-12H,4-5,8,10H2,1-3H3. The molecule has 0 radical (unpaired) electrons. The Hall–Kier alpha value is -0.730. The molecule has 0 aliphatic carbocycles. The van der Waals surface area contributed by atoms with Crippen LogP contribution in [0, 0.1) is 5.92 Å². The van der Waals surface area contributed by atoms with Crippen molar-refractivity contribution >= 4 is 29.2 Å². The van der Waals surface area contributed by atoms with Gasteiger partial charge in [-0.3, -0.25) is 4.79 Å². The molecule has 0 saturated heterocycles. The van der Waals surface area contributed by atoms with Gasteiger partial charge in [-0.05, 0) is 36.0 Å². The van der Waals surface area contributed by atoms with Crippen LogP contribution < -0.4 is 0 Å². The van der Waals surface area contributed by atoms with E-state index in [1.54, 1.807) is 6.07 Å². The number of esters is 1. The van der Waals surface area contributed by atoms with Gasteiger partial charge < -0.3 is 4.74 Å². The monoisotopic (exact) mass is 316 g/mol. The molecule has 0 fully saturated rings. The van der Waals surface area contributed by atoms with Gasteiger partial charge in [0.05, 0.1) is 13.0 Å². The predicted octanol–water partition coefficient (Wildman–Crippen LogP) is 5.47. The van der Waals surface area contributed by atoms with E-state index < -0.39 is 0 Å². The third kappa shape index (κ3) is 5.72. The van der Waals surface area contributed by atoms with Gasteiger partial charge in [0, 0.05) is 10.0 Å². The summed E-state index contributed by atoms with van der Waals surface area (Å²) in [6, 6.07) is 5.44. The van der Waals surface area contributed by atoms with Gasteiger partial charge in [-0.1, -0.05) is 56.5 Å². The van der Waals surface area contributed by atoms with Crippen molar-refractivity contribution < 1.29 is 9.53 Å². The van der Waals surface area contributed by atoms with Crippen molar-refractivity contribution in [3.05, 3.63) is 33.8 Å². The summed E-state index contributed by atoms with van der Waals surface area (Å²) in [7, 11) is 0. The molecule has 0 N–H and O–H groups in total. The lowest BCUT2D eigenvalue weighted by Crippen LogP contribution is -2.14. The molecule has 0 bridgehead atoms. The van der Waals surface area contributed by atoms with E-state index in [1.165, 1.54) is 0 Å². The van der Waals surface area contributed by atoms with Crippen LogP contribution in [0.3, 0.4) is 0 Å². The second-order valence-corrected chi connectivity index (χ2v) is 6.28. The first kappa shape index (κ1) is 17.3. The topological polar surface area (TPSA) is 26.3 Å². The van der Waals surface area contributed by atoms with Gasteiger partial charge in [0.2, 0.25) is 0 Å². The minimum absolute atomic E-state index is 0.0874. The van der Waals surface area contributed by atoms with E-state index in [9.17, 15) is 4.79 Å². The number of benzene rings is 1. The van der Waals surface area contributed by atoms with E-state index in [0.29, 0.717) is 29.0 Å². The van der Waals surface area contributed by atoms with Crippen LogP contribution in [0.5, 0.6) is 0 Å². The largest absolute Gasteiger partial charge is 0.465 e. The van der Waals surface area contributed by atoms with Crippen LogP contribution >= 0.6 is 23.2 Å². The smallest absolute Gasteiger partial charge is 0.306 e. The van der Waals surface area contributed by atoms with Gasteiger partial charge in [0.25, 0.3) is 0 Å². The summed E-state index contributed by atoms with van der Waals surface area (Å²) >= 11 is 12.1. The number of carbonyl (C=O) groups is 1. The summed E-state index contributed by atoms with van der Waals surface area (Å²) in [6.07, 6.45) is 2.25. The third-order valence-electron chi connectivity index (χ3n) is 3.03. The Balaban J connectivity index is 2.75. The number of rotatable bonds is 7. The molecule has 1 rings (SSSR count). The predicted molar refractivity (Wildman–Crippen MR) is 84.5 cm³/mol. The first-order chi connectivity index (χ1) is 9.43. The van der Waals surface area contributed by atoms with Crippen molar-refractivity contribution in [2.45, 2.75) is 46.0 Å². The van der Waals surface area contributed by atoms with Crippen molar-refractivity contribution in [3.63, 3.8) is 0 Å². The fraction of sp³-hybridized carbons (Fsp3) is 0.562. The summed E-state index contributed by atoms with van der Waals surface area (Å²) in [4.78, 5) is 11.9. The van der Waals surface area contributed by atoms with Crippen molar-refractivity contribution in [1.82, 2.24) is 0 Å². The van der Waals surface area contributed by atoms with Crippen molar-refractivity contribution in [2.24, 2.45) is 5.92 Å². The molecule has 1 aromatic carbocycles. The van der Waals surface area contributed by atoms with Gasteiger partial charge in [-0.2, -0.15) is 0 Å². The average molecular weight is 317 g/mol. The first-order valence-electron chi connectivity index (χ1n) is 7.04. The summed E-state index contributed by atoms with van der Waals surface area (Å²) < 4.78 is 5.26. The average Bonchev–Trinajstić information content (AvgIpc) is 2.36. The molecule has 1 unspecified atom stereocenters. The van der Waals surface area contributed by atoms with Crippen molar-refractivity contribution in [1.29, 1.82) is 0 Å². The Morgan fingerprint density at radius 2 is 2.00 bits per heavy atom. The van der Waals surface area contributed by atoms with Crippen LogP contribution in [0.4, 0.5) is 0 Å². The van der Waals surface area contributed by atoms with Crippen LogP contribution in [0.25, 0.3) is 0 Å². The van der Waals surface area contributed by atoms with Crippen LogP contribution in [-0.4, -0.2) is 12.6 Å². The molecule has 0 saturated carbocycles. The molecule has 0 spiro atoms. The second kappa shape index (κ2) is 8.53. The molecule has 1 atom stereocenters. The molecule has 0 heterocycles. The molecule has 0 amide bonds. The van der Waals surface area contributed by atoms with Gasteiger partial charge >= 0.3 is 5.97 Å². The maximum absolute atomic E-state index is 11.9. The quantitative estimate of drug-likeness (QED) is 0.624. The Morgan fingerprint density at radius 3 is 2.55 bits per heavy atom. The highest BCUT2D eigenvalue weighted by Gasteiger charge is 2.19. The molecule has 112 valence electrons. The Labute approximate surface area is 131 Å². The van der Waals surface area contributed by atoms with Crippen LogP contribution in [0.15, 0.2) is 18.2 Å². The highest BCUT2D eigenvalue weighted by Crippen LogP contribution is 2.32. The van der Waals surface area contributed by atoms with Gasteiger partial charge in [0.15, 0.2) is 0 Å². The molecule has 4 heteroatoms. The second-order valence-electron chi connectivity index (χ2n) is 5.43. The van der Waals surface area contributed by atoms with Gasteiger partial charge in [0.1, 0.15) is 0 Å². The van der Waals surface area contributed by atoms with Crippen molar-refractivity contribution in [3.8, 4) is 0 Å². The zero-order chi connectivity index (χ0) is 15.1. The molecule has 1 aromatic rings. The maximum atomic E-state index is 11.9. The van der Waals surface area contributed by atoms with Gasteiger partial charge in [-0.25, -0.2) is 0 Å². The van der Waals surface area contributed by atoms with Crippen LogP contribution in [-0.2, 0) is 9.53 Å².